The second-order valence-electron chi connectivity index (χ2n) is 9.48. The smallest absolute Gasteiger partial charge is 0.207 e. The molecule has 0 heterocycles. The Labute approximate surface area is 193 Å². The number of hydrogen-bond acceptors (Lipinski definition) is 0. The van der Waals surface area contributed by atoms with Crippen LogP contribution < -0.4 is 5.46 Å². The topological polar surface area (TPSA) is 0 Å². The van der Waals surface area contributed by atoms with Crippen molar-refractivity contribution in [2.45, 2.75) is 51.4 Å². The van der Waals surface area contributed by atoms with Crippen LogP contribution >= 0.6 is 0 Å². The van der Waals surface area contributed by atoms with Gasteiger partial charge in [0.15, 0.2) is 0 Å². The third-order valence-electron chi connectivity index (χ3n) is 7.26. The molecule has 0 nitrogen and oxygen atoms in total. The maximum absolute atomic E-state index is 15.4. The van der Waals surface area contributed by atoms with Crippen LogP contribution in [0.2, 0.25) is 0 Å². The molecule has 0 saturated carbocycles. The van der Waals surface area contributed by atoms with E-state index in [2.05, 4.69) is 0 Å². The van der Waals surface area contributed by atoms with Crippen molar-refractivity contribution in [2.75, 3.05) is 0 Å². The zero-order valence-corrected chi connectivity index (χ0v) is 18.9. The van der Waals surface area contributed by atoms with Crippen molar-refractivity contribution in [3.63, 3.8) is 0 Å². The van der Waals surface area contributed by atoms with E-state index >= 15 is 17.6 Å². The van der Waals surface area contributed by atoms with Crippen molar-refractivity contribution in [1.82, 2.24) is 0 Å². The number of hydrogen-bond donors (Lipinski definition) is 0. The molecule has 0 spiro atoms. The lowest BCUT2D eigenvalue weighted by atomic mass is 9.84. The van der Waals surface area contributed by atoms with E-state index in [1.807, 2.05) is 7.85 Å². The first-order valence-corrected chi connectivity index (χ1v) is 10.9. The summed E-state index contributed by atoms with van der Waals surface area (Å²) in [7, 11) is 1.83. The standard InChI is InChI=1S/C26H20BF7/c1-11-8-18-15(9-19(11)27)7-13(3)21(18)23-22(24(29,30)26(33,34)25(23,31)32)16-5-4-14-6-12(2)20(28)10-17(14)16/h5-6,8-10H,4,7,27H2,1-3H3. The fourth-order valence-electron chi connectivity index (χ4n) is 5.34. The maximum Gasteiger partial charge on any atom is 0.380 e. The molecule has 3 aliphatic rings. The minimum absolute atomic E-state index is 0.0552. The summed E-state index contributed by atoms with van der Waals surface area (Å²) in [6.45, 7) is 4.72. The highest BCUT2D eigenvalue weighted by Gasteiger charge is 2.81. The first kappa shape index (κ1) is 23.0. The second-order valence-corrected chi connectivity index (χ2v) is 9.48. The molecule has 0 aliphatic heterocycles. The van der Waals surface area contributed by atoms with Crippen LogP contribution in [-0.4, -0.2) is 25.6 Å². The first-order valence-electron chi connectivity index (χ1n) is 10.9. The highest BCUT2D eigenvalue weighted by molar-refractivity contribution is 6.33. The van der Waals surface area contributed by atoms with E-state index in [9.17, 15) is 13.2 Å². The van der Waals surface area contributed by atoms with Gasteiger partial charge in [-0.3, -0.25) is 0 Å². The second kappa shape index (κ2) is 6.89. The monoisotopic (exact) mass is 476 g/mol. The Bertz CT molecular complexity index is 1380. The van der Waals surface area contributed by atoms with Gasteiger partial charge in [-0.15, -0.1) is 0 Å². The number of fused-ring (bicyclic) bond motifs is 2. The van der Waals surface area contributed by atoms with Gasteiger partial charge in [0, 0.05) is 11.1 Å². The van der Waals surface area contributed by atoms with Crippen molar-refractivity contribution in [1.29, 1.82) is 0 Å². The largest absolute Gasteiger partial charge is 0.380 e. The molecular weight excluding hydrogens is 456 g/mol. The molecule has 0 N–H and O–H groups in total. The molecule has 0 unspecified atom stereocenters. The molecule has 34 heavy (non-hydrogen) atoms. The van der Waals surface area contributed by atoms with Crippen LogP contribution in [0.3, 0.4) is 0 Å². The molecule has 0 saturated heterocycles. The lowest BCUT2D eigenvalue weighted by molar-refractivity contribution is -0.263. The SMILES string of the molecule is Bc1cc2c(cc1C)C(C1=C(C3=CCc4cc(C)c(F)cc43)C(F)(F)C(F)(F)C1(F)F)=C(C)C2. The van der Waals surface area contributed by atoms with Gasteiger partial charge in [-0.05, 0) is 78.6 Å². The summed E-state index contributed by atoms with van der Waals surface area (Å²) >= 11 is 0. The van der Waals surface area contributed by atoms with E-state index in [1.54, 1.807) is 19.1 Å². The summed E-state index contributed by atoms with van der Waals surface area (Å²) < 4.78 is 105. The highest BCUT2D eigenvalue weighted by atomic mass is 19.3. The van der Waals surface area contributed by atoms with Crippen molar-refractivity contribution in [2.24, 2.45) is 0 Å². The Kier molecular flexibility index (Phi) is 4.66. The molecule has 8 heteroatoms. The normalized spacial score (nSPS) is 21.8. The van der Waals surface area contributed by atoms with Crippen molar-refractivity contribution in [3.8, 4) is 0 Å². The van der Waals surface area contributed by atoms with Gasteiger partial charge in [0.05, 0.1) is 0 Å². The summed E-state index contributed by atoms with van der Waals surface area (Å²) in [6.07, 6.45) is 1.47. The molecule has 0 amide bonds. The minimum atomic E-state index is -5.65. The quantitative estimate of drug-likeness (QED) is 0.375. The number of allylic oxidation sites excluding steroid dienone is 6. The lowest BCUT2D eigenvalue weighted by Gasteiger charge is -2.26. The molecule has 0 bridgehead atoms. The van der Waals surface area contributed by atoms with Crippen molar-refractivity contribution >= 4 is 24.5 Å². The van der Waals surface area contributed by atoms with E-state index in [-0.39, 0.29) is 35.1 Å². The van der Waals surface area contributed by atoms with Gasteiger partial charge in [-0.1, -0.05) is 40.9 Å². The van der Waals surface area contributed by atoms with Crippen LogP contribution in [-0.2, 0) is 12.8 Å². The molecule has 176 valence electrons. The van der Waals surface area contributed by atoms with E-state index in [0.29, 0.717) is 16.7 Å². The Morgan fingerprint density at radius 3 is 2.09 bits per heavy atom. The average molecular weight is 476 g/mol. The number of benzene rings is 2. The molecule has 0 atom stereocenters. The molecule has 5 rings (SSSR count). The van der Waals surface area contributed by atoms with Gasteiger partial charge in [0.25, 0.3) is 0 Å². The summed E-state index contributed by atoms with van der Waals surface area (Å²) in [6, 6.07) is 5.76. The maximum atomic E-state index is 15.4. The van der Waals surface area contributed by atoms with Crippen LogP contribution in [0, 0.1) is 19.7 Å². The van der Waals surface area contributed by atoms with Gasteiger partial charge >= 0.3 is 17.8 Å². The number of aryl methyl sites for hydroxylation is 2. The zero-order chi connectivity index (χ0) is 25.0. The fraction of sp³-hybridized carbons (Fsp3) is 0.308. The molecule has 0 aromatic heterocycles. The predicted octanol–water partition coefficient (Wildman–Crippen LogP) is 5.89. The molecular formula is C26H20BF7. The Morgan fingerprint density at radius 2 is 1.41 bits per heavy atom. The zero-order valence-electron chi connectivity index (χ0n) is 18.9. The van der Waals surface area contributed by atoms with Crippen molar-refractivity contribution < 1.29 is 30.7 Å². The Morgan fingerprint density at radius 1 is 0.765 bits per heavy atom. The predicted molar refractivity (Wildman–Crippen MR) is 120 cm³/mol. The van der Waals surface area contributed by atoms with Crippen LogP contribution in [0.1, 0.15) is 40.3 Å². The molecule has 3 aliphatic carbocycles. The van der Waals surface area contributed by atoms with Gasteiger partial charge in [0.2, 0.25) is 0 Å². The number of halogens is 7. The van der Waals surface area contributed by atoms with E-state index in [0.717, 1.165) is 17.1 Å². The number of rotatable bonds is 2. The summed E-state index contributed by atoms with van der Waals surface area (Å²) in [5, 5.41) is 0. The molecule has 2 aromatic carbocycles. The Hall–Kier alpha value is -2.77. The van der Waals surface area contributed by atoms with Gasteiger partial charge in [-0.2, -0.15) is 26.3 Å². The van der Waals surface area contributed by atoms with Gasteiger partial charge < -0.3 is 0 Å². The Balaban J connectivity index is 1.85. The summed E-state index contributed by atoms with van der Waals surface area (Å²) in [4.78, 5) is 0. The summed E-state index contributed by atoms with van der Waals surface area (Å²) in [5.74, 6) is -16.7. The molecule has 0 radical (unpaired) electrons. The molecule has 0 fully saturated rings. The first-order chi connectivity index (χ1) is 15.7. The average Bonchev–Trinajstić information content (AvgIpc) is 3.28. The van der Waals surface area contributed by atoms with Crippen LogP contribution in [0.4, 0.5) is 30.7 Å². The van der Waals surface area contributed by atoms with E-state index in [4.69, 9.17) is 0 Å². The molecule has 2 aromatic rings. The van der Waals surface area contributed by atoms with E-state index < -0.39 is 40.3 Å². The van der Waals surface area contributed by atoms with Crippen LogP contribution in [0.5, 0.6) is 0 Å². The van der Waals surface area contributed by atoms with Crippen LogP contribution in [0.25, 0.3) is 11.1 Å². The fourth-order valence-corrected chi connectivity index (χ4v) is 5.34. The van der Waals surface area contributed by atoms with Gasteiger partial charge in [0.1, 0.15) is 13.7 Å². The van der Waals surface area contributed by atoms with E-state index in [1.165, 1.54) is 26.0 Å². The van der Waals surface area contributed by atoms with Crippen molar-refractivity contribution in [3.05, 3.63) is 86.3 Å². The highest BCUT2D eigenvalue weighted by Crippen LogP contribution is 2.66. The lowest BCUT2D eigenvalue weighted by Crippen LogP contribution is -2.49. The third kappa shape index (κ3) is 2.74. The minimum Gasteiger partial charge on any atom is -0.207 e. The summed E-state index contributed by atoms with van der Waals surface area (Å²) in [5.41, 5.74) is -0.0498. The number of alkyl halides is 6. The third-order valence-corrected chi connectivity index (χ3v) is 7.26. The van der Waals surface area contributed by atoms with Crippen LogP contribution in [0.15, 0.2) is 47.1 Å². The van der Waals surface area contributed by atoms with Gasteiger partial charge in [-0.25, -0.2) is 4.39 Å².